The number of nitrogens with zero attached hydrogens (tertiary/aromatic N) is 1. The molecule has 0 atom stereocenters. The van der Waals surface area contributed by atoms with Crippen LogP contribution in [0.2, 0.25) is 0 Å². The molecule has 1 nitrogen and oxygen atoms in total. The minimum absolute atomic E-state index is 0.490. The Morgan fingerprint density at radius 3 is 1.31 bits per heavy atom. The second-order valence-electron chi connectivity index (χ2n) is 3.76. The van der Waals surface area contributed by atoms with Crippen molar-refractivity contribution in [2.24, 2.45) is 5.41 Å². The van der Waals surface area contributed by atoms with Gasteiger partial charge in [-0.05, 0) is 25.9 Å². The molecule has 0 radical (unpaired) electrons. The van der Waals surface area contributed by atoms with Crippen LogP contribution >= 0.6 is 0 Å². The van der Waals surface area contributed by atoms with E-state index in [0.717, 1.165) is 0 Å². The van der Waals surface area contributed by atoms with E-state index >= 15 is 0 Å². The van der Waals surface area contributed by atoms with Crippen LogP contribution in [0.25, 0.3) is 0 Å². The molecule has 0 aliphatic heterocycles. The Labute approximate surface area is 86.5 Å². The Kier molecular flexibility index (Phi) is 17.2. The van der Waals surface area contributed by atoms with Crippen LogP contribution in [0.15, 0.2) is 0 Å². The fraction of sp³-hybridized carbons (Fsp3) is 1.00. The molecule has 0 fully saturated rings. The molecular weight excluding hydrogens is 158 g/mol. The van der Waals surface area contributed by atoms with Crippen LogP contribution in [0.3, 0.4) is 0 Å². The van der Waals surface area contributed by atoms with Gasteiger partial charge in [0.05, 0.1) is 0 Å². The van der Waals surface area contributed by atoms with E-state index < -0.39 is 0 Å². The Balaban J connectivity index is -0.000000218. The molecule has 0 aromatic carbocycles. The fourth-order valence-corrected chi connectivity index (χ4v) is 0.968. The van der Waals surface area contributed by atoms with Crippen molar-refractivity contribution in [1.82, 2.24) is 4.90 Å². The summed E-state index contributed by atoms with van der Waals surface area (Å²) in [6, 6.07) is 0. The normalized spacial score (nSPS) is 9.69. The van der Waals surface area contributed by atoms with Crippen LogP contribution in [0, 0.1) is 5.41 Å². The van der Waals surface area contributed by atoms with E-state index in [0.29, 0.717) is 5.41 Å². The summed E-state index contributed by atoms with van der Waals surface area (Å²) in [5.74, 6) is 0. The maximum atomic E-state index is 2.30. The predicted molar refractivity (Wildman–Crippen MR) is 65.3 cm³/mol. The lowest BCUT2D eigenvalue weighted by Gasteiger charge is -2.26. The lowest BCUT2D eigenvalue weighted by Crippen LogP contribution is -2.27. The monoisotopic (exact) mass is 189 g/mol. The molecule has 84 valence electrons. The highest BCUT2D eigenvalue weighted by atomic mass is 15.1. The highest BCUT2D eigenvalue weighted by molar-refractivity contribution is 4.68. The highest BCUT2D eigenvalue weighted by Crippen LogP contribution is 2.19. The first-order chi connectivity index (χ1) is 5.98. The first-order valence-electron chi connectivity index (χ1n) is 5.62. The summed E-state index contributed by atoms with van der Waals surface area (Å²) < 4.78 is 0. The van der Waals surface area contributed by atoms with Crippen molar-refractivity contribution in [2.45, 2.75) is 54.9 Å². The van der Waals surface area contributed by atoms with Gasteiger partial charge >= 0.3 is 0 Å². The molecule has 0 saturated heterocycles. The van der Waals surface area contributed by atoms with Crippen molar-refractivity contribution in [3.05, 3.63) is 0 Å². The third kappa shape index (κ3) is 18.7. The van der Waals surface area contributed by atoms with Crippen molar-refractivity contribution in [3.63, 3.8) is 0 Å². The second kappa shape index (κ2) is 12.0. The Morgan fingerprint density at radius 2 is 1.23 bits per heavy atom. The fourth-order valence-electron chi connectivity index (χ4n) is 0.968. The standard InChI is InChI=1S/C8H19N.2C2H6/c1-6-8(2,3)7-9(4)5;2*1-2/h6-7H2,1-5H3;2*1-2H3. The lowest BCUT2D eigenvalue weighted by molar-refractivity contribution is 0.233. The summed E-state index contributed by atoms with van der Waals surface area (Å²) >= 11 is 0. The SMILES string of the molecule is CC.CC.CCC(C)(C)CN(C)C. The summed E-state index contributed by atoms with van der Waals surface area (Å²) in [4.78, 5) is 2.24. The van der Waals surface area contributed by atoms with Crippen LogP contribution < -0.4 is 0 Å². The molecule has 0 amide bonds. The Hall–Kier alpha value is -0.0400. The van der Waals surface area contributed by atoms with Gasteiger partial charge < -0.3 is 4.90 Å². The van der Waals surface area contributed by atoms with Crippen LogP contribution in [-0.2, 0) is 0 Å². The minimum atomic E-state index is 0.490. The molecule has 0 aliphatic carbocycles. The lowest BCUT2D eigenvalue weighted by atomic mass is 9.90. The molecule has 0 unspecified atom stereocenters. The Morgan fingerprint density at radius 1 is 0.923 bits per heavy atom. The van der Waals surface area contributed by atoms with E-state index in [1.54, 1.807) is 0 Å². The summed E-state index contributed by atoms with van der Waals surface area (Å²) in [7, 11) is 4.24. The topological polar surface area (TPSA) is 3.24 Å². The van der Waals surface area contributed by atoms with Gasteiger partial charge in [0.25, 0.3) is 0 Å². The van der Waals surface area contributed by atoms with Crippen LogP contribution in [0.4, 0.5) is 0 Å². The molecule has 0 rings (SSSR count). The quantitative estimate of drug-likeness (QED) is 0.648. The Bertz CT molecular complexity index is 75.2. The average Bonchev–Trinajstić information content (AvgIpc) is 2.10. The van der Waals surface area contributed by atoms with Gasteiger partial charge in [0.1, 0.15) is 0 Å². The van der Waals surface area contributed by atoms with E-state index in [4.69, 9.17) is 0 Å². The molecule has 13 heavy (non-hydrogen) atoms. The smallest absolute Gasteiger partial charge is 0.00265 e. The zero-order valence-corrected chi connectivity index (χ0v) is 11.4. The summed E-state index contributed by atoms with van der Waals surface area (Å²) in [6.45, 7) is 16.0. The zero-order chi connectivity index (χ0) is 11.5. The van der Waals surface area contributed by atoms with E-state index in [1.807, 2.05) is 27.7 Å². The largest absolute Gasteiger partial charge is 0.309 e. The third-order valence-corrected chi connectivity index (χ3v) is 1.70. The van der Waals surface area contributed by atoms with Gasteiger partial charge in [-0.1, -0.05) is 48.5 Å². The zero-order valence-electron chi connectivity index (χ0n) is 11.4. The van der Waals surface area contributed by atoms with E-state index in [2.05, 4.69) is 39.8 Å². The van der Waals surface area contributed by atoms with E-state index in [9.17, 15) is 0 Å². The first-order valence-corrected chi connectivity index (χ1v) is 5.62. The molecule has 0 aromatic heterocycles. The van der Waals surface area contributed by atoms with E-state index in [1.165, 1.54) is 13.0 Å². The highest BCUT2D eigenvalue weighted by Gasteiger charge is 2.14. The number of rotatable bonds is 3. The molecule has 0 spiro atoms. The second-order valence-corrected chi connectivity index (χ2v) is 3.76. The maximum Gasteiger partial charge on any atom is 0.00265 e. The number of hydrogen-bond acceptors (Lipinski definition) is 1. The molecule has 0 aromatic rings. The van der Waals surface area contributed by atoms with Gasteiger partial charge in [-0.25, -0.2) is 0 Å². The predicted octanol–water partition coefficient (Wildman–Crippen LogP) is 4.04. The molecule has 0 heterocycles. The summed E-state index contributed by atoms with van der Waals surface area (Å²) in [6.07, 6.45) is 1.26. The van der Waals surface area contributed by atoms with Crippen molar-refractivity contribution >= 4 is 0 Å². The van der Waals surface area contributed by atoms with Gasteiger partial charge in [-0.15, -0.1) is 0 Å². The van der Waals surface area contributed by atoms with Gasteiger partial charge in [-0.3, -0.25) is 0 Å². The van der Waals surface area contributed by atoms with Gasteiger partial charge in [0.2, 0.25) is 0 Å². The van der Waals surface area contributed by atoms with Crippen LogP contribution in [0.5, 0.6) is 0 Å². The molecule has 0 bridgehead atoms. The summed E-state index contributed by atoms with van der Waals surface area (Å²) in [5, 5.41) is 0. The van der Waals surface area contributed by atoms with Crippen LogP contribution in [0.1, 0.15) is 54.9 Å². The maximum absolute atomic E-state index is 2.30. The third-order valence-electron chi connectivity index (χ3n) is 1.70. The average molecular weight is 189 g/mol. The molecular formula is C12H31N. The minimum Gasteiger partial charge on any atom is -0.309 e. The molecule has 0 saturated carbocycles. The first kappa shape index (κ1) is 18.7. The van der Waals surface area contributed by atoms with E-state index in [-0.39, 0.29) is 0 Å². The van der Waals surface area contributed by atoms with Crippen molar-refractivity contribution in [1.29, 1.82) is 0 Å². The van der Waals surface area contributed by atoms with Gasteiger partial charge in [0, 0.05) is 6.54 Å². The molecule has 0 N–H and O–H groups in total. The summed E-state index contributed by atoms with van der Waals surface area (Å²) in [5.41, 5.74) is 0.490. The molecule has 1 heteroatoms. The van der Waals surface area contributed by atoms with Gasteiger partial charge in [-0.2, -0.15) is 0 Å². The number of hydrogen-bond donors (Lipinski definition) is 0. The van der Waals surface area contributed by atoms with Crippen molar-refractivity contribution in [3.8, 4) is 0 Å². The van der Waals surface area contributed by atoms with Gasteiger partial charge in [0.15, 0.2) is 0 Å². The molecule has 0 aliphatic rings. The van der Waals surface area contributed by atoms with Crippen molar-refractivity contribution < 1.29 is 0 Å². The van der Waals surface area contributed by atoms with Crippen molar-refractivity contribution in [2.75, 3.05) is 20.6 Å². The van der Waals surface area contributed by atoms with Crippen LogP contribution in [-0.4, -0.2) is 25.5 Å².